The summed E-state index contributed by atoms with van der Waals surface area (Å²) < 4.78 is 0. The first-order chi connectivity index (χ1) is 12.0. The molecule has 4 nitrogen and oxygen atoms in total. The molecular weight excluding hydrogens is 310 g/mol. The Labute approximate surface area is 149 Å². The lowest BCUT2D eigenvalue weighted by molar-refractivity contribution is -0.124. The van der Waals surface area contributed by atoms with E-state index in [9.17, 15) is 4.79 Å². The number of benzene rings is 1. The van der Waals surface area contributed by atoms with Crippen LogP contribution in [0, 0.1) is 5.92 Å². The van der Waals surface area contributed by atoms with Crippen LogP contribution >= 0.6 is 0 Å². The SMILES string of the molecule is C[C@@H]1CCC[C@H](N)c2cc(ccn2)C(C)(c2ccccc2)CNC1=O. The average molecular weight is 337 g/mol. The molecule has 3 rings (SSSR count). The zero-order chi connectivity index (χ0) is 17.9. The topological polar surface area (TPSA) is 68.0 Å². The van der Waals surface area contributed by atoms with Gasteiger partial charge in [0.2, 0.25) is 5.91 Å². The minimum absolute atomic E-state index is 0.00190. The summed E-state index contributed by atoms with van der Waals surface area (Å²) in [7, 11) is 0. The van der Waals surface area contributed by atoms with Crippen molar-refractivity contribution in [1.29, 1.82) is 0 Å². The highest BCUT2D eigenvalue weighted by Crippen LogP contribution is 2.33. The van der Waals surface area contributed by atoms with Crippen molar-refractivity contribution in [2.75, 3.05) is 6.54 Å². The van der Waals surface area contributed by atoms with Crippen LogP contribution in [0.5, 0.6) is 0 Å². The Bertz CT molecular complexity index is 731. The van der Waals surface area contributed by atoms with Crippen LogP contribution in [0.15, 0.2) is 48.7 Å². The van der Waals surface area contributed by atoms with E-state index in [0.29, 0.717) is 6.54 Å². The number of carbonyl (C=O) groups is 1. The van der Waals surface area contributed by atoms with Crippen molar-refractivity contribution in [1.82, 2.24) is 10.3 Å². The molecular formula is C21H27N3O. The fourth-order valence-corrected chi connectivity index (χ4v) is 3.53. The number of carbonyl (C=O) groups excluding carboxylic acids is 1. The van der Waals surface area contributed by atoms with Crippen molar-refractivity contribution in [2.45, 2.75) is 44.6 Å². The van der Waals surface area contributed by atoms with Gasteiger partial charge < -0.3 is 11.1 Å². The Balaban J connectivity index is 2.07. The maximum Gasteiger partial charge on any atom is 0.222 e. The molecule has 1 aliphatic heterocycles. The fourth-order valence-electron chi connectivity index (χ4n) is 3.53. The average Bonchev–Trinajstić information content (AvgIpc) is 2.65. The second-order valence-corrected chi connectivity index (χ2v) is 7.32. The minimum Gasteiger partial charge on any atom is -0.355 e. The molecule has 1 aromatic heterocycles. The second-order valence-electron chi connectivity index (χ2n) is 7.32. The number of nitrogens with one attached hydrogen (secondary N) is 1. The normalized spacial score (nSPS) is 27.7. The van der Waals surface area contributed by atoms with E-state index in [1.165, 1.54) is 5.56 Å². The Kier molecular flexibility index (Phi) is 5.19. The Morgan fingerprint density at radius 1 is 1.16 bits per heavy atom. The van der Waals surface area contributed by atoms with Crippen molar-refractivity contribution < 1.29 is 4.79 Å². The van der Waals surface area contributed by atoms with E-state index < -0.39 is 0 Å². The van der Waals surface area contributed by atoms with Gasteiger partial charge in [0.25, 0.3) is 0 Å². The molecule has 1 aromatic carbocycles. The molecule has 25 heavy (non-hydrogen) atoms. The molecule has 3 atom stereocenters. The zero-order valence-electron chi connectivity index (χ0n) is 15.0. The smallest absolute Gasteiger partial charge is 0.222 e. The van der Waals surface area contributed by atoms with Gasteiger partial charge in [0.1, 0.15) is 0 Å². The van der Waals surface area contributed by atoms with Gasteiger partial charge in [-0.1, -0.05) is 43.7 Å². The summed E-state index contributed by atoms with van der Waals surface area (Å²) in [6.07, 6.45) is 4.46. The third-order valence-corrected chi connectivity index (χ3v) is 5.43. The second kappa shape index (κ2) is 7.36. The van der Waals surface area contributed by atoms with E-state index in [-0.39, 0.29) is 23.3 Å². The number of fused-ring (bicyclic) bond motifs is 2. The van der Waals surface area contributed by atoms with Gasteiger partial charge in [-0.15, -0.1) is 0 Å². The molecule has 2 heterocycles. The van der Waals surface area contributed by atoms with Crippen molar-refractivity contribution in [3.63, 3.8) is 0 Å². The number of nitrogens with zero attached hydrogens (tertiary/aromatic N) is 1. The van der Waals surface area contributed by atoms with Crippen molar-refractivity contribution in [2.24, 2.45) is 11.7 Å². The van der Waals surface area contributed by atoms with Crippen LogP contribution < -0.4 is 11.1 Å². The van der Waals surface area contributed by atoms with Crippen molar-refractivity contribution >= 4 is 5.91 Å². The summed E-state index contributed by atoms with van der Waals surface area (Å²) >= 11 is 0. The van der Waals surface area contributed by atoms with E-state index in [1.54, 1.807) is 0 Å². The molecule has 1 aliphatic rings. The van der Waals surface area contributed by atoms with Crippen LogP contribution in [0.25, 0.3) is 0 Å². The van der Waals surface area contributed by atoms with Crippen LogP contribution in [0.4, 0.5) is 0 Å². The first kappa shape index (κ1) is 17.6. The number of hydrogen-bond acceptors (Lipinski definition) is 3. The highest BCUT2D eigenvalue weighted by atomic mass is 16.1. The van der Waals surface area contributed by atoms with Crippen molar-refractivity contribution in [3.05, 3.63) is 65.5 Å². The molecule has 4 heteroatoms. The van der Waals surface area contributed by atoms with E-state index >= 15 is 0 Å². The van der Waals surface area contributed by atoms with Gasteiger partial charge in [-0.05, 0) is 43.0 Å². The Hall–Kier alpha value is -2.20. The molecule has 0 saturated heterocycles. The number of rotatable bonds is 1. The molecule has 2 aromatic rings. The largest absolute Gasteiger partial charge is 0.355 e. The highest BCUT2D eigenvalue weighted by molar-refractivity contribution is 5.78. The summed E-state index contributed by atoms with van der Waals surface area (Å²) in [5.41, 5.74) is 9.27. The van der Waals surface area contributed by atoms with Gasteiger partial charge in [-0.2, -0.15) is 0 Å². The molecule has 3 N–H and O–H groups in total. The summed E-state index contributed by atoms with van der Waals surface area (Å²) in [6.45, 7) is 4.71. The molecule has 1 unspecified atom stereocenters. The van der Waals surface area contributed by atoms with Crippen LogP contribution in [-0.2, 0) is 10.2 Å². The summed E-state index contributed by atoms with van der Waals surface area (Å²) in [5, 5.41) is 3.17. The Morgan fingerprint density at radius 2 is 1.92 bits per heavy atom. The number of aromatic nitrogens is 1. The van der Waals surface area contributed by atoms with Crippen molar-refractivity contribution in [3.8, 4) is 0 Å². The predicted molar refractivity (Wildman–Crippen MR) is 100 cm³/mol. The van der Waals surface area contributed by atoms with Crippen LogP contribution in [0.1, 0.15) is 56.0 Å². The van der Waals surface area contributed by atoms with Crippen LogP contribution in [-0.4, -0.2) is 17.4 Å². The summed E-state index contributed by atoms with van der Waals surface area (Å²) in [6, 6.07) is 14.4. The zero-order valence-corrected chi connectivity index (χ0v) is 15.0. The molecule has 132 valence electrons. The van der Waals surface area contributed by atoms with E-state index in [4.69, 9.17) is 5.73 Å². The van der Waals surface area contributed by atoms with Gasteiger partial charge in [-0.3, -0.25) is 9.78 Å². The molecule has 1 amide bonds. The molecule has 0 aliphatic carbocycles. The molecule has 0 saturated carbocycles. The monoisotopic (exact) mass is 337 g/mol. The lowest BCUT2D eigenvalue weighted by atomic mass is 9.75. The first-order valence-corrected chi connectivity index (χ1v) is 9.06. The van der Waals surface area contributed by atoms with E-state index in [0.717, 1.165) is 30.5 Å². The third-order valence-electron chi connectivity index (χ3n) is 5.43. The van der Waals surface area contributed by atoms with Gasteiger partial charge in [0.15, 0.2) is 0 Å². The van der Waals surface area contributed by atoms with Gasteiger partial charge in [0.05, 0.1) is 5.69 Å². The maximum atomic E-state index is 12.5. The fraction of sp³-hybridized carbons (Fsp3) is 0.429. The van der Waals surface area contributed by atoms with Gasteiger partial charge >= 0.3 is 0 Å². The quantitative estimate of drug-likeness (QED) is 0.839. The lowest BCUT2D eigenvalue weighted by Crippen LogP contribution is -2.41. The minimum atomic E-state index is -0.326. The number of amides is 1. The first-order valence-electron chi connectivity index (χ1n) is 9.06. The Morgan fingerprint density at radius 3 is 2.68 bits per heavy atom. The third kappa shape index (κ3) is 3.74. The molecule has 2 bridgehead atoms. The molecule has 0 fully saturated rings. The molecule has 0 radical (unpaired) electrons. The number of hydrogen-bond donors (Lipinski definition) is 2. The van der Waals surface area contributed by atoms with Gasteiger partial charge in [-0.25, -0.2) is 0 Å². The van der Waals surface area contributed by atoms with Crippen LogP contribution in [0.2, 0.25) is 0 Å². The summed E-state index contributed by atoms with van der Waals surface area (Å²) in [4.78, 5) is 17.0. The van der Waals surface area contributed by atoms with E-state index in [1.807, 2.05) is 37.4 Å². The van der Waals surface area contributed by atoms with Crippen LogP contribution in [0.3, 0.4) is 0 Å². The lowest BCUT2D eigenvalue weighted by Gasteiger charge is -2.32. The number of nitrogens with two attached hydrogens (primary N) is 1. The standard InChI is InChI=1S/C21H27N3O/c1-15-7-6-10-18(22)19-13-17(11-12-23-19)21(2,14-24-20(15)25)16-8-4-3-5-9-16/h3-5,8-9,11-13,15,18H,6-7,10,14,22H2,1-2H3,(H,24,25)/t15-,18+,21?/m1/s1. The predicted octanol–water partition coefficient (Wildman–Crippen LogP) is 3.32. The summed E-state index contributed by atoms with van der Waals surface area (Å²) in [5.74, 6) is 0.114. The van der Waals surface area contributed by atoms with E-state index in [2.05, 4.69) is 35.4 Å². The molecule has 0 spiro atoms. The highest BCUT2D eigenvalue weighted by Gasteiger charge is 2.31. The van der Waals surface area contributed by atoms with Gasteiger partial charge in [0, 0.05) is 30.1 Å². The maximum absolute atomic E-state index is 12.5. The number of pyridine rings is 1.